The summed E-state index contributed by atoms with van der Waals surface area (Å²) in [6, 6.07) is 9.49. The molecule has 19 heavy (non-hydrogen) atoms. The van der Waals surface area contributed by atoms with Crippen molar-refractivity contribution in [1.82, 2.24) is 4.98 Å². The van der Waals surface area contributed by atoms with Gasteiger partial charge in [0.05, 0.1) is 6.26 Å². The van der Waals surface area contributed by atoms with Gasteiger partial charge in [0.25, 0.3) is 0 Å². The molecular formula is C15H16N2O2. The van der Waals surface area contributed by atoms with Gasteiger partial charge in [-0.15, -0.1) is 0 Å². The van der Waals surface area contributed by atoms with Gasteiger partial charge in [-0.25, -0.2) is 4.98 Å². The molecule has 0 aliphatic carbocycles. The summed E-state index contributed by atoms with van der Waals surface area (Å²) < 4.78 is 11.1. The van der Waals surface area contributed by atoms with Crippen molar-refractivity contribution in [2.45, 2.75) is 25.8 Å². The minimum absolute atomic E-state index is 0.151. The van der Waals surface area contributed by atoms with Crippen LogP contribution < -0.4 is 5.73 Å². The zero-order valence-corrected chi connectivity index (χ0v) is 10.8. The van der Waals surface area contributed by atoms with Crippen molar-refractivity contribution in [3.63, 3.8) is 0 Å². The number of nitrogens with two attached hydrogens (primary N) is 1. The van der Waals surface area contributed by atoms with E-state index in [1.165, 1.54) is 0 Å². The minimum atomic E-state index is -0.151. The lowest BCUT2D eigenvalue weighted by Crippen LogP contribution is -2.14. The number of fused-ring (bicyclic) bond motifs is 1. The molecule has 0 aliphatic rings. The van der Waals surface area contributed by atoms with Gasteiger partial charge in [-0.05, 0) is 18.2 Å². The van der Waals surface area contributed by atoms with Crippen LogP contribution in [-0.4, -0.2) is 4.98 Å². The van der Waals surface area contributed by atoms with Gasteiger partial charge in [0.15, 0.2) is 11.5 Å². The summed E-state index contributed by atoms with van der Waals surface area (Å²) in [4.78, 5) is 4.44. The molecule has 1 atom stereocenters. The van der Waals surface area contributed by atoms with E-state index in [1.54, 1.807) is 6.26 Å². The standard InChI is InChI=1S/C15H16N2O2/c1-2-13-10(7-8-18-13)11(16)9-15-17-12-5-3-4-6-14(12)19-15/h3-8,11H,2,9,16H2,1H3. The molecule has 0 fully saturated rings. The molecule has 2 heterocycles. The zero-order chi connectivity index (χ0) is 13.2. The molecule has 0 radical (unpaired) electrons. The summed E-state index contributed by atoms with van der Waals surface area (Å²) in [5.74, 6) is 1.60. The zero-order valence-electron chi connectivity index (χ0n) is 10.8. The van der Waals surface area contributed by atoms with Crippen LogP contribution >= 0.6 is 0 Å². The van der Waals surface area contributed by atoms with Crippen LogP contribution in [0, 0.1) is 0 Å². The number of para-hydroxylation sites is 2. The third kappa shape index (κ3) is 2.27. The van der Waals surface area contributed by atoms with Crippen molar-refractivity contribution in [3.8, 4) is 0 Å². The van der Waals surface area contributed by atoms with Crippen LogP contribution in [-0.2, 0) is 12.8 Å². The van der Waals surface area contributed by atoms with Gasteiger partial charge < -0.3 is 14.6 Å². The average Bonchev–Trinajstić information content (AvgIpc) is 3.03. The van der Waals surface area contributed by atoms with E-state index in [1.807, 2.05) is 30.3 Å². The number of rotatable bonds is 4. The Labute approximate surface area is 111 Å². The Hall–Kier alpha value is -2.07. The molecule has 2 N–H and O–H groups in total. The summed E-state index contributed by atoms with van der Waals surface area (Å²) in [5.41, 5.74) is 8.91. The van der Waals surface area contributed by atoms with E-state index < -0.39 is 0 Å². The maximum atomic E-state index is 6.21. The fourth-order valence-electron chi connectivity index (χ4n) is 2.27. The highest BCUT2D eigenvalue weighted by Crippen LogP contribution is 2.23. The van der Waals surface area contributed by atoms with Crippen LogP contribution in [0.2, 0.25) is 0 Å². The molecule has 0 bridgehead atoms. The van der Waals surface area contributed by atoms with E-state index in [0.29, 0.717) is 12.3 Å². The first-order chi connectivity index (χ1) is 9.28. The van der Waals surface area contributed by atoms with Crippen molar-refractivity contribution in [1.29, 1.82) is 0 Å². The first-order valence-electron chi connectivity index (χ1n) is 6.44. The maximum Gasteiger partial charge on any atom is 0.197 e. The van der Waals surface area contributed by atoms with E-state index >= 15 is 0 Å². The van der Waals surface area contributed by atoms with Crippen LogP contribution in [0.4, 0.5) is 0 Å². The molecule has 3 rings (SSSR count). The fraction of sp³-hybridized carbons (Fsp3) is 0.267. The van der Waals surface area contributed by atoms with E-state index in [4.69, 9.17) is 14.6 Å². The van der Waals surface area contributed by atoms with Gasteiger partial charge in [0.1, 0.15) is 11.3 Å². The number of benzene rings is 1. The van der Waals surface area contributed by atoms with Crippen LogP contribution in [0.15, 0.2) is 45.4 Å². The van der Waals surface area contributed by atoms with E-state index in [-0.39, 0.29) is 6.04 Å². The highest BCUT2D eigenvalue weighted by molar-refractivity contribution is 5.72. The smallest absolute Gasteiger partial charge is 0.197 e. The Balaban J connectivity index is 1.84. The normalized spacial score (nSPS) is 12.9. The largest absolute Gasteiger partial charge is 0.469 e. The van der Waals surface area contributed by atoms with E-state index in [2.05, 4.69) is 11.9 Å². The summed E-state index contributed by atoms with van der Waals surface area (Å²) in [6.45, 7) is 2.05. The van der Waals surface area contributed by atoms with Crippen molar-refractivity contribution < 1.29 is 8.83 Å². The van der Waals surface area contributed by atoms with Gasteiger partial charge in [-0.2, -0.15) is 0 Å². The number of furan rings is 1. The average molecular weight is 256 g/mol. The third-order valence-electron chi connectivity index (χ3n) is 3.23. The lowest BCUT2D eigenvalue weighted by atomic mass is 10.0. The Bertz CT molecular complexity index is 651. The Morgan fingerprint density at radius 1 is 1.26 bits per heavy atom. The lowest BCUT2D eigenvalue weighted by Gasteiger charge is -2.08. The monoisotopic (exact) mass is 256 g/mol. The Kier molecular flexibility index (Phi) is 3.09. The number of hydrogen-bond donors (Lipinski definition) is 1. The molecule has 0 saturated carbocycles. The lowest BCUT2D eigenvalue weighted by molar-refractivity contribution is 0.484. The second-order valence-electron chi connectivity index (χ2n) is 4.54. The molecule has 1 aromatic carbocycles. The molecular weight excluding hydrogens is 240 g/mol. The summed E-state index contributed by atoms with van der Waals surface area (Å²) >= 11 is 0. The first-order valence-corrected chi connectivity index (χ1v) is 6.44. The first kappa shape index (κ1) is 12.0. The second kappa shape index (κ2) is 4.90. The van der Waals surface area contributed by atoms with E-state index in [9.17, 15) is 0 Å². The number of nitrogens with zero attached hydrogens (tertiary/aromatic N) is 1. The molecule has 0 spiro atoms. The predicted octanol–water partition coefficient (Wildman–Crippen LogP) is 3.23. The quantitative estimate of drug-likeness (QED) is 0.778. The number of aryl methyl sites for hydroxylation is 1. The van der Waals surface area contributed by atoms with Gasteiger partial charge >= 0.3 is 0 Å². The highest BCUT2D eigenvalue weighted by atomic mass is 16.3. The highest BCUT2D eigenvalue weighted by Gasteiger charge is 2.16. The molecule has 1 unspecified atom stereocenters. The topological polar surface area (TPSA) is 65.2 Å². The van der Waals surface area contributed by atoms with Crippen molar-refractivity contribution >= 4 is 11.1 Å². The predicted molar refractivity (Wildman–Crippen MR) is 72.7 cm³/mol. The molecule has 3 aromatic rings. The molecule has 98 valence electrons. The minimum Gasteiger partial charge on any atom is -0.469 e. The van der Waals surface area contributed by atoms with Gasteiger partial charge in [-0.1, -0.05) is 19.1 Å². The van der Waals surface area contributed by atoms with Crippen LogP contribution in [0.1, 0.15) is 30.2 Å². The molecule has 2 aromatic heterocycles. The summed E-state index contributed by atoms with van der Waals surface area (Å²) in [6.07, 6.45) is 3.09. The summed E-state index contributed by atoms with van der Waals surface area (Å²) in [7, 11) is 0. The second-order valence-corrected chi connectivity index (χ2v) is 4.54. The number of oxazole rings is 1. The van der Waals surface area contributed by atoms with Gasteiger partial charge in [-0.3, -0.25) is 0 Å². The Morgan fingerprint density at radius 2 is 2.11 bits per heavy atom. The van der Waals surface area contributed by atoms with Gasteiger partial charge in [0, 0.05) is 24.4 Å². The SMILES string of the molecule is CCc1occc1C(N)Cc1nc2ccccc2o1. The summed E-state index contributed by atoms with van der Waals surface area (Å²) in [5, 5.41) is 0. The van der Waals surface area contributed by atoms with Crippen LogP contribution in [0.5, 0.6) is 0 Å². The number of aromatic nitrogens is 1. The molecule has 4 nitrogen and oxygen atoms in total. The van der Waals surface area contributed by atoms with Crippen LogP contribution in [0.3, 0.4) is 0 Å². The van der Waals surface area contributed by atoms with Crippen LogP contribution in [0.25, 0.3) is 11.1 Å². The molecule has 0 amide bonds. The molecule has 4 heteroatoms. The fourth-order valence-corrected chi connectivity index (χ4v) is 2.27. The van der Waals surface area contributed by atoms with Gasteiger partial charge in [0.2, 0.25) is 0 Å². The molecule has 0 saturated heterocycles. The maximum absolute atomic E-state index is 6.21. The van der Waals surface area contributed by atoms with Crippen molar-refractivity contribution in [2.24, 2.45) is 5.73 Å². The van der Waals surface area contributed by atoms with Crippen molar-refractivity contribution in [2.75, 3.05) is 0 Å². The molecule has 0 aliphatic heterocycles. The van der Waals surface area contributed by atoms with E-state index in [0.717, 1.165) is 28.8 Å². The Morgan fingerprint density at radius 3 is 2.89 bits per heavy atom. The van der Waals surface area contributed by atoms with Crippen molar-refractivity contribution in [3.05, 3.63) is 53.8 Å². The number of hydrogen-bond acceptors (Lipinski definition) is 4. The third-order valence-corrected chi connectivity index (χ3v) is 3.23.